The number of carbonyl (C=O) groups is 1. The van der Waals surface area contributed by atoms with Crippen LogP contribution in [-0.4, -0.2) is 48.8 Å². The molecule has 0 aromatic heterocycles. The van der Waals surface area contributed by atoms with Gasteiger partial charge < -0.3 is 19.9 Å². The van der Waals surface area contributed by atoms with E-state index in [-0.39, 0.29) is 6.54 Å². The lowest BCUT2D eigenvalue weighted by molar-refractivity contribution is -0.138. The monoisotopic (exact) mass is 370 g/mol. The average Bonchev–Trinajstić information content (AvgIpc) is 2.66. The third-order valence-electron chi connectivity index (χ3n) is 4.44. The van der Waals surface area contributed by atoms with Crippen molar-refractivity contribution < 1.29 is 19.4 Å². The molecular formula is C21H26N2O4. The summed E-state index contributed by atoms with van der Waals surface area (Å²) in [6.07, 6.45) is 0.860. The number of rotatable bonds is 2. The molecule has 1 aliphatic heterocycles. The number of ether oxygens (including phenoxy) is 2. The topological polar surface area (TPSA) is 71.0 Å². The fraction of sp³-hybridized carbons (Fsp3) is 0.381. The zero-order valence-corrected chi connectivity index (χ0v) is 15.4. The van der Waals surface area contributed by atoms with Gasteiger partial charge in [0.25, 0.3) is 0 Å². The van der Waals surface area contributed by atoms with Crippen LogP contribution in [0.3, 0.4) is 0 Å². The molecule has 0 radical (unpaired) electrons. The smallest absolute Gasteiger partial charge is 0.317 e. The Morgan fingerprint density at radius 1 is 1.00 bits per heavy atom. The molecule has 6 nitrogen and oxygen atoms in total. The Balaban J connectivity index is 1.75. The largest absolute Gasteiger partial charge is 0.490 e. The highest BCUT2D eigenvalue weighted by atomic mass is 16.5. The van der Waals surface area contributed by atoms with Crippen molar-refractivity contribution in [2.75, 3.05) is 32.8 Å². The van der Waals surface area contributed by atoms with Gasteiger partial charge >= 0.3 is 5.97 Å². The fourth-order valence-corrected chi connectivity index (χ4v) is 3.17. The number of hydrogen-bond acceptors (Lipinski definition) is 5. The van der Waals surface area contributed by atoms with Crippen LogP contribution in [0.2, 0.25) is 0 Å². The number of hydrogen-bond donors (Lipinski definition) is 2. The highest BCUT2D eigenvalue weighted by Gasteiger charge is 2.14. The fourth-order valence-electron chi connectivity index (χ4n) is 3.17. The Morgan fingerprint density at radius 2 is 1.63 bits per heavy atom. The first-order valence-electron chi connectivity index (χ1n) is 9.28. The van der Waals surface area contributed by atoms with Crippen LogP contribution in [0.5, 0.6) is 11.5 Å². The van der Waals surface area contributed by atoms with Crippen LogP contribution in [0.4, 0.5) is 0 Å². The molecule has 0 saturated heterocycles. The minimum absolute atomic E-state index is 0.0142. The second-order valence-corrected chi connectivity index (χ2v) is 6.55. The van der Waals surface area contributed by atoms with Crippen molar-refractivity contribution in [2.45, 2.75) is 19.5 Å². The van der Waals surface area contributed by atoms with E-state index >= 15 is 0 Å². The first kappa shape index (κ1) is 19.2. The molecule has 0 amide bonds. The van der Waals surface area contributed by atoms with Crippen LogP contribution >= 0.6 is 0 Å². The average molecular weight is 370 g/mol. The van der Waals surface area contributed by atoms with Crippen molar-refractivity contribution in [1.29, 1.82) is 0 Å². The van der Waals surface area contributed by atoms with Crippen molar-refractivity contribution in [2.24, 2.45) is 0 Å². The van der Waals surface area contributed by atoms with Gasteiger partial charge in [-0.2, -0.15) is 0 Å². The molecule has 1 aliphatic rings. The Bertz CT molecular complexity index is 750. The molecular weight excluding hydrogens is 344 g/mol. The molecule has 0 atom stereocenters. The third kappa shape index (κ3) is 5.98. The Labute approximate surface area is 159 Å². The number of aliphatic carboxylic acids is 1. The molecule has 0 bridgehead atoms. The second kappa shape index (κ2) is 9.94. The number of carboxylic acid groups (broad SMARTS) is 1. The van der Waals surface area contributed by atoms with Gasteiger partial charge in [-0.1, -0.05) is 36.4 Å². The lowest BCUT2D eigenvalue weighted by Gasteiger charge is -2.22. The van der Waals surface area contributed by atoms with E-state index in [1.165, 1.54) is 0 Å². The minimum Gasteiger partial charge on any atom is -0.490 e. The molecule has 2 aromatic rings. The van der Waals surface area contributed by atoms with E-state index in [4.69, 9.17) is 9.47 Å². The van der Waals surface area contributed by atoms with Gasteiger partial charge in [-0.25, -0.2) is 0 Å². The maximum absolute atomic E-state index is 11.2. The predicted octanol–water partition coefficient (Wildman–Crippen LogP) is 2.52. The van der Waals surface area contributed by atoms with Gasteiger partial charge in [0.15, 0.2) is 0 Å². The first-order valence-corrected chi connectivity index (χ1v) is 9.28. The van der Waals surface area contributed by atoms with Crippen molar-refractivity contribution >= 4 is 5.97 Å². The number of fused-ring (bicyclic) bond motifs is 2. The van der Waals surface area contributed by atoms with Crippen LogP contribution in [0.15, 0.2) is 48.5 Å². The van der Waals surface area contributed by atoms with E-state index in [0.717, 1.165) is 42.1 Å². The molecule has 0 saturated carbocycles. The number of nitrogens with zero attached hydrogens (tertiary/aromatic N) is 1. The van der Waals surface area contributed by atoms with Crippen molar-refractivity contribution in [3.05, 3.63) is 59.7 Å². The van der Waals surface area contributed by atoms with Crippen LogP contribution in [0, 0.1) is 0 Å². The lowest BCUT2D eigenvalue weighted by atomic mass is 10.1. The summed E-state index contributed by atoms with van der Waals surface area (Å²) in [4.78, 5) is 13.2. The summed E-state index contributed by atoms with van der Waals surface area (Å²) in [6.45, 7) is 3.66. The van der Waals surface area contributed by atoms with Crippen molar-refractivity contribution in [3.8, 4) is 11.5 Å². The quantitative estimate of drug-likeness (QED) is 0.847. The summed E-state index contributed by atoms with van der Waals surface area (Å²) >= 11 is 0. The Morgan fingerprint density at radius 3 is 2.33 bits per heavy atom. The van der Waals surface area contributed by atoms with Gasteiger partial charge in [-0.3, -0.25) is 9.69 Å². The molecule has 0 fully saturated rings. The zero-order chi connectivity index (χ0) is 18.9. The summed E-state index contributed by atoms with van der Waals surface area (Å²) in [5.41, 5.74) is 2.09. The summed E-state index contributed by atoms with van der Waals surface area (Å²) in [7, 11) is 0. The van der Waals surface area contributed by atoms with Gasteiger partial charge in [0, 0.05) is 30.8 Å². The van der Waals surface area contributed by atoms with Crippen molar-refractivity contribution in [1.82, 2.24) is 10.2 Å². The summed E-state index contributed by atoms with van der Waals surface area (Å²) in [6, 6.07) is 15.8. The van der Waals surface area contributed by atoms with E-state index in [0.29, 0.717) is 26.3 Å². The standard InChI is InChI=1S/C21H26N2O4/c24-21(25)16-23-11-5-10-22-14-17-6-1-3-8-19(17)26-12-13-27-20-9-4-2-7-18(20)15-23/h1-4,6-9,22H,5,10-16H2,(H,24,25). The Kier molecular flexibility index (Phi) is 7.07. The van der Waals surface area contributed by atoms with Gasteiger partial charge in [-0.05, 0) is 25.1 Å². The van der Waals surface area contributed by atoms with Gasteiger partial charge in [0.1, 0.15) is 24.7 Å². The van der Waals surface area contributed by atoms with Crippen LogP contribution < -0.4 is 14.8 Å². The Hall–Kier alpha value is -2.57. The first-order chi connectivity index (χ1) is 13.2. The number of carboxylic acids is 1. The molecule has 0 unspecified atom stereocenters. The van der Waals surface area contributed by atoms with Gasteiger partial charge in [-0.15, -0.1) is 0 Å². The van der Waals surface area contributed by atoms with E-state index < -0.39 is 5.97 Å². The molecule has 3 rings (SSSR count). The molecule has 2 N–H and O–H groups in total. The predicted molar refractivity (Wildman–Crippen MR) is 103 cm³/mol. The van der Waals surface area contributed by atoms with E-state index in [1.807, 2.05) is 53.4 Å². The maximum atomic E-state index is 11.2. The summed E-state index contributed by atoms with van der Waals surface area (Å²) in [5, 5.41) is 12.6. The van der Waals surface area contributed by atoms with E-state index in [9.17, 15) is 9.90 Å². The van der Waals surface area contributed by atoms with Gasteiger partial charge in [0.05, 0.1) is 6.54 Å². The van der Waals surface area contributed by atoms with Crippen LogP contribution in [0.25, 0.3) is 0 Å². The highest BCUT2D eigenvalue weighted by molar-refractivity contribution is 5.69. The number of para-hydroxylation sites is 2. The second-order valence-electron chi connectivity index (χ2n) is 6.55. The van der Waals surface area contributed by atoms with Crippen LogP contribution in [-0.2, 0) is 17.9 Å². The van der Waals surface area contributed by atoms with Crippen LogP contribution in [0.1, 0.15) is 17.5 Å². The molecule has 2 aromatic carbocycles. The zero-order valence-electron chi connectivity index (χ0n) is 15.4. The lowest BCUT2D eigenvalue weighted by Crippen LogP contribution is -2.32. The van der Waals surface area contributed by atoms with E-state index in [2.05, 4.69) is 5.32 Å². The normalized spacial score (nSPS) is 16.6. The maximum Gasteiger partial charge on any atom is 0.317 e. The molecule has 0 spiro atoms. The number of benzene rings is 2. The molecule has 6 heteroatoms. The summed E-state index contributed by atoms with van der Waals surface area (Å²) in [5.74, 6) is 0.823. The van der Waals surface area contributed by atoms with Crippen molar-refractivity contribution in [3.63, 3.8) is 0 Å². The summed E-state index contributed by atoms with van der Waals surface area (Å²) < 4.78 is 11.8. The number of nitrogens with one attached hydrogen (secondary N) is 1. The van der Waals surface area contributed by atoms with Gasteiger partial charge in [0.2, 0.25) is 0 Å². The minimum atomic E-state index is -0.818. The molecule has 1 heterocycles. The molecule has 144 valence electrons. The molecule has 0 aliphatic carbocycles. The highest BCUT2D eigenvalue weighted by Crippen LogP contribution is 2.21. The third-order valence-corrected chi connectivity index (χ3v) is 4.44. The van der Waals surface area contributed by atoms with E-state index in [1.54, 1.807) is 0 Å². The molecule has 27 heavy (non-hydrogen) atoms. The SMILES string of the molecule is O=C(O)CN1CCCNCc2ccccc2OCCOc2ccccc2C1.